The Hall–Kier alpha value is -0.700. The summed E-state index contributed by atoms with van der Waals surface area (Å²) in [5.41, 5.74) is 1.07. The van der Waals surface area contributed by atoms with Crippen LogP contribution in [0.4, 0.5) is 0 Å². The van der Waals surface area contributed by atoms with Crippen molar-refractivity contribution in [1.29, 1.82) is 0 Å². The van der Waals surface area contributed by atoms with Gasteiger partial charge in [0.2, 0.25) is 6.79 Å². The Kier molecular flexibility index (Phi) is 7.42. The molecule has 2 N–H and O–H groups in total. The maximum Gasteiger partial charge on any atom is 0.231 e. The smallest absolute Gasteiger partial charge is 0.231 e. The molecule has 0 saturated carbocycles. The average Bonchev–Trinajstić information content (AvgIpc) is 2.85. The zero-order valence-electron chi connectivity index (χ0n) is 11.5. The molecule has 1 aliphatic heterocycles. The third-order valence-corrected chi connectivity index (χ3v) is 3.18. The number of guanidine groups is 1. The summed E-state index contributed by atoms with van der Waals surface area (Å²) in [7, 11) is 0. The third-order valence-electron chi connectivity index (χ3n) is 2.60. The summed E-state index contributed by atoms with van der Waals surface area (Å²) in [5, 5.41) is 6.38. The van der Waals surface area contributed by atoms with E-state index in [2.05, 4.69) is 31.6 Å². The van der Waals surface area contributed by atoms with Crippen molar-refractivity contribution < 1.29 is 9.47 Å². The Morgan fingerprint density at radius 2 is 1.95 bits per heavy atom. The topological polar surface area (TPSA) is 54.9 Å². The molecule has 112 valence electrons. The van der Waals surface area contributed by atoms with Gasteiger partial charge in [0.1, 0.15) is 0 Å². The number of halogens is 2. The summed E-state index contributed by atoms with van der Waals surface area (Å²) < 4.78 is 11.7. The molecule has 1 aliphatic rings. The van der Waals surface area contributed by atoms with Crippen LogP contribution in [0.25, 0.3) is 0 Å². The molecule has 0 spiro atoms. The quantitative estimate of drug-likeness (QED) is 0.416. The highest BCUT2D eigenvalue weighted by Gasteiger charge is 2.17. The Morgan fingerprint density at radius 1 is 1.25 bits per heavy atom. The van der Waals surface area contributed by atoms with Crippen LogP contribution in [-0.4, -0.2) is 25.8 Å². The van der Waals surface area contributed by atoms with Crippen molar-refractivity contribution in [3.8, 4) is 11.5 Å². The molecule has 20 heavy (non-hydrogen) atoms. The number of ether oxygens (including phenoxy) is 2. The van der Waals surface area contributed by atoms with E-state index in [0.717, 1.165) is 40.6 Å². The van der Waals surface area contributed by atoms with Crippen molar-refractivity contribution in [1.82, 2.24) is 10.6 Å². The molecular weight excluding hydrogens is 437 g/mol. The number of hydrogen-bond donors (Lipinski definition) is 2. The molecule has 0 saturated heterocycles. The molecule has 0 atom stereocenters. The zero-order chi connectivity index (χ0) is 13.7. The van der Waals surface area contributed by atoms with Crippen LogP contribution < -0.4 is 20.1 Å². The Morgan fingerprint density at radius 3 is 2.60 bits per heavy atom. The van der Waals surface area contributed by atoms with Gasteiger partial charge in [0.25, 0.3) is 0 Å². The molecule has 0 radical (unpaired) electrons. The second-order valence-corrected chi connectivity index (χ2v) is 4.89. The molecule has 1 aromatic rings. The SMILES string of the molecule is CCNC(=NCc1cc(Br)c2c(c1)OCO2)NCC.I. The molecule has 0 fully saturated rings. The van der Waals surface area contributed by atoms with E-state index in [9.17, 15) is 0 Å². The fourth-order valence-electron chi connectivity index (χ4n) is 1.79. The predicted molar refractivity (Wildman–Crippen MR) is 94.2 cm³/mol. The lowest BCUT2D eigenvalue weighted by molar-refractivity contribution is 0.173. The predicted octanol–water partition coefficient (Wildman–Crippen LogP) is 2.87. The van der Waals surface area contributed by atoms with E-state index >= 15 is 0 Å². The van der Waals surface area contributed by atoms with Gasteiger partial charge in [-0.25, -0.2) is 4.99 Å². The second-order valence-electron chi connectivity index (χ2n) is 4.04. The molecule has 5 nitrogen and oxygen atoms in total. The lowest BCUT2D eigenvalue weighted by Crippen LogP contribution is -2.36. The van der Waals surface area contributed by atoms with Gasteiger partial charge < -0.3 is 20.1 Å². The van der Waals surface area contributed by atoms with Gasteiger partial charge in [-0.05, 0) is 47.5 Å². The molecule has 7 heteroatoms. The van der Waals surface area contributed by atoms with Crippen LogP contribution >= 0.6 is 39.9 Å². The van der Waals surface area contributed by atoms with Gasteiger partial charge in [0.15, 0.2) is 17.5 Å². The lowest BCUT2D eigenvalue weighted by atomic mass is 10.2. The molecule has 1 heterocycles. The number of benzene rings is 1. The van der Waals surface area contributed by atoms with Crippen LogP contribution in [0.5, 0.6) is 11.5 Å². The van der Waals surface area contributed by atoms with E-state index in [1.54, 1.807) is 0 Å². The molecule has 1 aromatic carbocycles. The largest absolute Gasteiger partial charge is 0.454 e. The fourth-order valence-corrected chi connectivity index (χ4v) is 2.40. The number of aliphatic imine (C=N–C) groups is 1. The van der Waals surface area contributed by atoms with Crippen LogP contribution in [0, 0.1) is 0 Å². The molecule has 0 aliphatic carbocycles. The van der Waals surface area contributed by atoms with E-state index in [1.807, 2.05) is 26.0 Å². The third kappa shape index (κ3) is 4.41. The average molecular weight is 456 g/mol. The number of rotatable bonds is 4. The van der Waals surface area contributed by atoms with Crippen molar-refractivity contribution in [3.05, 3.63) is 22.2 Å². The van der Waals surface area contributed by atoms with Crippen LogP contribution in [0.3, 0.4) is 0 Å². The highest BCUT2D eigenvalue weighted by atomic mass is 127. The minimum atomic E-state index is 0. The summed E-state index contributed by atoms with van der Waals surface area (Å²) in [6.07, 6.45) is 0. The van der Waals surface area contributed by atoms with Crippen LogP contribution in [0.1, 0.15) is 19.4 Å². The minimum Gasteiger partial charge on any atom is -0.454 e. The van der Waals surface area contributed by atoms with Gasteiger partial charge in [-0.1, -0.05) is 0 Å². The number of fused-ring (bicyclic) bond motifs is 1. The van der Waals surface area contributed by atoms with Crippen molar-refractivity contribution in [2.75, 3.05) is 19.9 Å². The summed E-state index contributed by atoms with van der Waals surface area (Å²) in [6.45, 7) is 6.65. The number of nitrogens with zero attached hydrogens (tertiary/aromatic N) is 1. The molecule has 0 unspecified atom stereocenters. The maximum atomic E-state index is 5.39. The van der Waals surface area contributed by atoms with E-state index in [4.69, 9.17) is 9.47 Å². The van der Waals surface area contributed by atoms with E-state index in [0.29, 0.717) is 6.54 Å². The molecule has 0 amide bonds. The molecular formula is C13H19BrIN3O2. The summed E-state index contributed by atoms with van der Waals surface area (Å²) in [4.78, 5) is 4.52. The normalized spacial score (nSPS) is 11.6. The standard InChI is InChI=1S/C13H18BrN3O2.HI/c1-3-15-13(16-4-2)17-7-9-5-10(14)12-11(6-9)18-8-19-12;/h5-6H,3-4,7-8H2,1-2H3,(H2,15,16,17);1H. The molecule has 0 aromatic heterocycles. The first-order valence-corrected chi connectivity index (χ1v) is 7.14. The highest BCUT2D eigenvalue weighted by Crippen LogP contribution is 2.40. The van der Waals surface area contributed by atoms with Crippen LogP contribution in [-0.2, 0) is 6.54 Å². The second kappa shape index (κ2) is 8.56. The summed E-state index contributed by atoms with van der Waals surface area (Å²) in [6, 6.07) is 3.97. The number of nitrogens with one attached hydrogen (secondary N) is 2. The van der Waals surface area contributed by atoms with Crippen molar-refractivity contribution >= 4 is 45.9 Å². The molecule has 0 bridgehead atoms. The summed E-state index contributed by atoms with van der Waals surface area (Å²) in [5.74, 6) is 2.36. The Labute approximate surface area is 144 Å². The van der Waals surface area contributed by atoms with Crippen LogP contribution in [0.2, 0.25) is 0 Å². The summed E-state index contributed by atoms with van der Waals surface area (Å²) >= 11 is 3.48. The molecule has 2 rings (SSSR count). The van der Waals surface area contributed by atoms with E-state index < -0.39 is 0 Å². The van der Waals surface area contributed by atoms with Crippen molar-refractivity contribution in [3.63, 3.8) is 0 Å². The van der Waals surface area contributed by atoms with Crippen molar-refractivity contribution in [2.45, 2.75) is 20.4 Å². The zero-order valence-corrected chi connectivity index (χ0v) is 15.4. The van der Waals surface area contributed by atoms with Gasteiger partial charge in [-0.15, -0.1) is 24.0 Å². The minimum absolute atomic E-state index is 0. The maximum absolute atomic E-state index is 5.39. The van der Waals surface area contributed by atoms with Crippen LogP contribution in [0.15, 0.2) is 21.6 Å². The highest BCUT2D eigenvalue weighted by molar-refractivity contribution is 14.0. The Bertz CT molecular complexity index is 475. The first-order valence-electron chi connectivity index (χ1n) is 6.34. The van der Waals surface area contributed by atoms with Gasteiger partial charge in [0.05, 0.1) is 11.0 Å². The van der Waals surface area contributed by atoms with Gasteiger partial charge >= 0.3 is 0 Å². The number of hydrogen-bond acceptors (Lipinski definition) is 3. The monoisotopic (exact) mass is 455 g/mol. The first kappa shape index (κ1) is 17.4. The van der Waals surface area contributed by atoms with Gasteiger partial charge in [-0.2, -0.15) is 0 Å². The van der Waals surface area contributed by atoms with Gasteiger partial charge in [0, 0.05) is 13.1 Å². The van der Waals surface area contributed by atoms with Gasteiger partial charge in [-0.3, -0.25) is 0 Å². The first-order chi connectivity index (χ1) is 9.24. The Balaban J connectivity index is 0.00000200. The lowest BCUT2D eigenvalue weighted by Gasteiger charge is -2.09. The van der Waals surface area contributed by atoms with E-state index in [-0.39, 0.29) is 30.8 Å². The van der Waals surface area contributed by atoms with Crippen molar-refractivity contribution in [2.24, 2.45) is 4.99 Å². The van der Waals surface area contributed by atoms with E-state index in [1.165, 1.54) is 0 Å². The fraction of sp³-hybridized carbons (Fsp3) is 0.462.